The minimum Gasteiger partial charge on any atom is -0.480 e. The van der Waals surface area contributed by atoms with Gasteiger partial charge in [0.05, 0.1) is 0 Å². The van der Waals surface area contributed by atoms with Gasteiger partial charge in [-0.3, -0.25) is 4.79 Å². The van der Waals surface area contributed by atoms with Gasteiger partial charge in [-0.2, -0.15) is 0 Å². The minimum atomic E-state index is -0.840. The van der Waals surface area contributed by atoms with Crippen molar-refractivity contribution in [3.63, 3.8) is 0 Å². The van der Waals surface area contributed by atoms with E-state index in [1.807, 2.05) is 24.3 Å². The zero-order valence-electron chi connectivity index (χ0n) is 9.16. The van der Waals surface area contributed by atoms with Crippen molar-refractivity contribution in [3.05, 3.63) is 29.8 Å². The lowest BCUT2D eigenvalue weighted by Crippen LogP contribution is -2.25. The van der Waals surface area contributed by atoms with Crippen molar-refractivity contribution >= 4 is 11.7 Å². The molecule has 15 heavy (non-hydrogen) atoms. The fourth-order valence-corrected chi connectivity index (χ4v) is 1.37. The molecule has 0 fully saturated rings. The van der Waals surface area contributed by atoms with Gasteiger partial charge < -0.3 is 10.4 Å². The zero-order chi connectivity index (χ0) is 11.3. The van der Waals surface area contributed by atoms with Gasteiger partial charge in [0.1, 0.15) is 6.04 Å². The Hall–Kier alpha value is -1.51. The van der Waals surface area contributed by atoms with Gasteiger partial charge in [-0.1, -0.05) is 25.5 Å². The first-order valence-corrected chi connectivity index (χ1v) is 5.21. The standard InChI is InChI=1S/C12H17NO2/c1-3-4-10-5-7-11(8-6-10)13-9(2)12(14)15/h5-9,13H,3-4H2,1-2H3,(H,14,15). The van der Waals surface area contributed by atoms with Crippen LogP contribution in [0.15, 0.2) is 24.3 Å². The summed E-state index contributed by atoms with van der Waals surface area (Å²) in [5, 5.41) is 11.6. The first-order valence-electron chi connectivity index (χ1n) is 5.21. The number of rotatable bonds is 5. The van der Waals surface area contributed by atoms with Gasteiger partial charge in [-0.05, 0) is 31.0 Å². The van der Waals surface area contributed by atoms with Crippen molar-refractivity contribution < 1.29 is 9.90 Å². The third-order valence-corrected chi connectivity index (χ3v) is 2.25. The van der Waals surface area contributed by atoms with Crippen LogP contribution < -0.4 is 5.32 Å². The second-order valence-corrected chi connectivity index (χ2v) is 3.65. The highest BCUT2D eigenvalue weighted by Crippen LogP contribution is 2.12. The molecule has 0 aliphatic heterocycles. The quantitative estimate of drug-likeness (QED) is 0.780. The Morgan fingerprint density at radius 1 is 1.40 bits per heavy atom. The van der Waals surface area contributed by atoms with Crippen LogP contribution in [0.2, 0.25) is 0 Å². The molecule has 1 atom stereocenters. The molecule has 0 aliphatic carbocycles. The Morgan fingerprint density at radius 3 is 2.47 bits per heavy atom. The Bertz CT molecular complexity index is 319. The summed E-state index contributed by atoms with van der Waals surface area (Å²) in [6, 6.07) is 7.34. The lowest BCUT2D eigenvalue weighted by molar-refractivity contribution is -0.137. The number of aryl methyl sites for hydroxylation is 1. The van der Waals surface area contributed by atoms with Crippen LogP contribution in [0.4, 0.5) is 5.69 Å². The van der Waals surface area contributed by atoms with E-state index < -0.39 is 12.0 Å². The lowest BCUT2D eigenvalue weighted by atomic mass is 10.1. The molecule has 1 aromatic carbocycles. The number of hydrogen-bond acceptors (Lipinski definition) is 2. The monoisotopic (exact) mass is 207 g/mol. The summed E-state index contributed by atoms with van der Waals surface area (Å²) in [5.74, 6) is -0.840. The summed E-state index contributed by atoms with van der Waals surface area (Å²) < 4.78 is 0. The molecule has 82 valence electrons. The summed E-state index contributed by atoms with van der Waals surface area (Å²) in [4.78, 5) is 10.6. The van der Waals surface area contributed by atoms with Gasteiger partial charge in [-0.15, -0.1) is 0 Å². The van der Waals surface area contributed by atoms with Gasteiger partial charge >= 0.3 is 5.97 Å². The van der Waals surface area contributed by atoms with Crippen LogP contribution in [0, 0.1) is 0 Å². The predicted octanol–water partition coefficient (Wildman–Crippen LogP) is 2.52. The second kappa shape index (κ2) is 5.39. The summed E-state index contributed by atoms with van der Waals surface area (Å²) in [7, 11) is 0. The van der Waals surface area contributed by atoms with E-state index in [0.717, 1.165) is 18.5 Å². The van der Waals surface area contributed by atoms with Crippen LogP contribution in [0.25, 0.3) is 0 Å². The number of aliphatic carboxylic acids is 1. The SMILES string of the molecule is CCCc1ccc(NC(C)C(=O)O)cc1. The van der Waals surface area contributed by atoms with E-state index in [4.69, 9.17) is 5.11 Å². The largest absolute Gasteiger partial charge is 0.480 e. The van der Waals surface area contributed by atoms with Gasteiger partial charge in [0.15, 0.2) is 0 Å². The van der Waals surface area contributed by atoms with Crippen LogP contribution in [-0.4, -0.2) is 17.1 Å². The molecule has 0 spiro atoms. The van der Waals surface area contributed by atoms with Gasteiger partial charge in [0.2, 0.25) is 0 Å². The van der Waals surface area contributed by atoms with Crippen molar-refractivity contribution in [1.29, 1.82) is 0 Å². The van der Waals surface area contributed by atoms with Crippen molar-refractivity contribution in [3.8, 4) is 0 Å². The van der Waals surface area contributed by atoms with Crippen molar-refractivity contribution in [2.45, 2.75) is 32.7 Å². The maximum absolute atomic E-state index is 10.6. The van der Waals surface area contributed by atoms with Crippen LogP contribution in [0.1, 0.15) is 25.8 Å². The molecule has 0 bridgehead atoms. The number of nitrogens with one attached hydrogen (secondary N) is 1. The summed E-state index contributed by atoms with van der Waals surface area (Å²) in [6.45, 7) is 3.76. The molecule has 1 rings (SSSR count). The van der Waals surface area contributed by atoms with Crippen molar-refractivity contribution in [1.82, 2.24) is 0 Å². The average molecular weight is 207 g/mol. The fraction of sp³-hybridized carbons (Fsp3) is 0.417. The van der Waals surface area contributed by atoms with E-state index in [1.54, 1.807) is 6.92 Å². The maximum Gasteiger partial charge on any atom is 0.325 e. The number of carbonyl (C=O) groups is 1. The molecule has 0 heterocycles. The van der Waals surface area contributed by atoms with Crippen LogP contribution in [0.3, 0.4) is 0 Å². The summed E-state index contributed by atoms with van der Waals surface area (Å²) in [6.07, 6.45) is 2.19. The Labute approximate surface area is 90.1 Å². The first-order chi connectivity index (χ1) is 7.13. The van der Waals surface area contributed by atoms with E-state index in [2.05, 4.69) is 12.2 Å². The molecule has 0 radical (unpaired) electrons. The van der Waals surface area contributed by atoms with Crippen LogP contribution in [0.5, 0.6) is 0 Å². The second-order valence-electron chi connectivity index (χ2n) is 3.65. The third-order valence-electron chi connectivity index (χ3n) is 2.25. The van der Waals surface area contributed by atoms with Crippen molar-refractivity contribution in [2.24, 2.45) is 0 Å². The number of hydrogen-bond donors (Lipinski definition) is 2. The maximum atomic E-state index is 10.6. The van der Waals surface area contributed by atoms with Crippen molar-refractivity contribution in [2.75, 3.05) is 5.32 Å². The van der Waals surface area contributed by atoms with Gasteiger partial charge in [-0.25, -0.2) is 0 Å². The molecule has 0 saturated carbocycles. The molecule has 0 saturated heterocycles. The molecule has 3 heteroatoms. The zero-order valence-corrected chi connectivity index (χ0v) is 9.16. The van der Waals surface area contributed by atoms with E-state index >= 15 is 0 Å². The summed E-state index contributed by atoms with van der Waals surface area (Å²) >= 11 is 0. The topological polar surface area (TPSA) is 49.3 Å². The highest BCUT2D eigenvalue weighted by Gasteiger charge is 2.09. The number of benzene rings is 1. The fourth-order valence-electron chi connectivity index (χ4n) is 1.37. The highest BCUT2D eigenvalue weighted by atomic mass is 16.4. The minimum absolute atomic E-state index is 0.554. The smallest absolute Gasteiger partial charge is 0.325 e. The molecular weight excluding hydrogens is 190 g/mol. The normalized spacial score (nSPS) is 12.1. The molecule has 0 amide bonds. The van der Waals surface area contributed by atoms with Crippen LogP contribution in [-0.2, 0) is 11.2 Å². The van der Waals surface area contributed by atoms with Gasteiger partial charge in [0.25, 0.3) is 0 Å². The highest BCUT2D eigenvalue weighted by molar-refractivity contribution is 5.76. The van der Waals surface area contributed by atoms with E-state index in [0.29, 0.717) is 0 Å². The van der Waals surface area contributed by atoms with E-state index in [-0.39, 0.29) is 0 Å². The molecular formula is C12H17NO2. The first kappa shape index (κ1) is 11.6. The Kier molecular flexibility index (Phi) is 4.16. The number of anilines is 1. The number of carboxylic acid groups (broad SMARTS) is 1. The molecule has 2 N–H and O–H groups in total. The molecule has 0 aromatic heterocycles. The average Bonchev–Trinajstić information content (AvgIpc) is 2.21. The molecule has 3 nitrogen and oxygen atoms in total. The Morgan fingerprint density at radius 2 is 2.00 bits per heavy atom. The van der Waals surface area contributed by atoms with Gasteiger partial charge in [0, 0.05) is 5.69 Å². The Balaban J connectivity index is 2.60. The van der Waals surface area contributed by atoms with E-state index in [9.17, 15) is 4.79 Å². The molecule has 1 unspecified atom stereocenters. The molecule has 0 aliphatic rings. The summed E-state index contributed by atoms with van der Waals surface area (Å²) in [5.41, 5.74) is 2.13. The van der Waals surface area contributed by atoms with Crippen LogP contribution >= 0.6 is 0 Å². The predicted molar refractivity (Wildman–Crippen MR) is 61.2 cm³/mol. The molecule has 1 aromatic rings. The number of carboxylic acids is 1. The lowest BCUT2D eigenvalue weighted by Gasteiger charge is -2.10. The third kappa shape index (κ3) is 3.62. The van der Waals surface area contributed by atoms with E-state index in [1.165, 1.54) is 5.56 Å².